The van der Waals surface area contributed by atoms with Crippen molar-refractivity contribution in [1.29, 1.82) is 0 Å². The molecule has 1 fully saturated rings. The van der Waals surface area contributed by atoms with Crippen LogP contribution < -0.4 is 0 Å². The molecule has 31 heavy (non-hydrogen) atoms. The standard InChI is InChI=1S/C25H35N3O3/c1-20(2)28(18-23-11-7-14-26(23)17-21-9-5-4-6-10-21)24(29)19-27(15-8-16-31-3)25(30)22-12-13-22/h4-7,9-11,14,20,22H,8,12-13,15-19H2,1-3H3. The summed E-state index contributed by atoms with van der Waals surface area (Å²) < 4.78 is 7.32. The molecule has 0 bridgehead atoms. The number of rotatable bonds is 12. The minimum Gasteiger partial charge on any atom is -0.385 e. The second kappa shape index (κ2) is 11.1. The lowest BCUT2D eigenvalue weighted by atomic mass is 10.2. The van der Waals surface area contributed by atoms with E-state index in [0.717, 1.165) is 31.5 Å². The molecule has 0 unspecified atom stereocenters. The molecule has 0 N–H and O–H groups in total. The van der Waals surface area contributed by atoms with Crippen LogP contribution in [0.4, 0.5) is 0 Å². The van der Waals surface area contributed by atoms with Crippen molar-refractivity contribution < 1.29 is 14.3 Å². The van der Waals surface area contributed by atoms with Crippen LogP contribution in [0.25, 0.3) is 0 Å². The fourth-order valence-corrected chi connectivity index (χ4v) is 3.77. The first-order chi connectivity index (χ1) is 15.0. The molecule has 6 heteroatoms. The number of hydrogen-bond acceptors (Lipinski definition) is 3. The van der Waals surface area contributed by atoms with Crippen molar-refractivity contribution in [3.8, 4) is 0 Å². The van der Waals surface area contributed by atoms with Crippen molar-refractivity contribution in [2.75, 3.05) is 26.8 Å². The van der Waals surface area contributed by atoms with E-state index in [0.29, 0.717) is 19.7 Å². The summed E-state index contributed by atoms with van der Waals surface area (Å²) in [6.07, 6.45) is 4.67. The molecule has 0 saturated heterocycles. The Hall–Kier alpha value is -2.60. The molecule has 2 aromatic rings. The molecule has 0 radical (unpaired) electrons. The fourth-order valence-electron chi connectivity index (χ4n) is 3.77. The van der Waals surface area contributed by atoms with Crippen LogP contribution in [0, 0.1) is 5.92 Å². The van der Waals surface area contributed by atoms with Crippen LogP contribution in [0.2, 0.25) is 0 Å². The van der Waals surface area contributed by atoms with E-state index in [9.17, 15) is 9.59 Å². The first-order valence-corrected chi connectivity index (χ1v) is 11.2. The van der Waals surface area contributed by atoms with Gasteiger partial charge in [-0.15, -0.1) is 0 Å². The van der Waals surface area contributed by atoms with E-state index in [4.69, 9.17) is 4.74 Å². The van der Waals surface area contributed by atoms with Gasteiger partial charge in [0, 0.05) is 50.7 Å². The van der Waals surface area contributed by atoms with Crippen LogP contribution in [-0.2, 0) is 27.4 Å². The van der Waals surface area contributed by atoms with Crippen molar-refractivity contribution >= 4 is 11.8 Å². The predicted molar refractivity (Wildman–Crippen MR) is 121 cm³/mol. The number of carbonyl (C=O) groups is 2. The van der Waals surface area contributed by atoms with Gasteiger partial charge >= 0.3 is 0 Å². The zero-order valence-electron chi connectivity index (χ0n) is 19.0. The lowest BCUT2D eigenvalue weighted by Gasteiger charge is -2.31. The highest BCUT2D eigenvalue weighted by Gasteiger charge is 2.34. The summed E-state index contributed by atoms with van der Waals surface area (Å²) in [6.45, 7) is 6.64. The number of ether oxygens (including phenoxy) is 1. The smallest absolute Gasteiger partial charge is 0.242 e. The van der Waals surface area contributed by atoms with E-state index in [1.807, 2.05) is 43.0 Å². The van der Waals surface area contributed by atoms with Gasteiger partial charge in [-0.25, -0.2) is 0 Å². The van der Waals surface area contributed by atoms with Gasteiger partial charge in [-0.2, -0.15) is 0 Å². The van der Waals surface area contributed by atoms with Crippen LogP contribution in [-0.4, -0.2) is 59.0 Å². The van der Waals surface area contributed by atoms with Crippen molar-refractivity contribution in [3.05, 3.63) is 59.9 Å². The summed E-state index contributed by atoms with van der Waals surface area (Å²) in [4.78, 5) is 29.6. The van der Waals surface area contributed by atoms with Gasteiger partial charge in [-0.1, -0.05) is 30.3 Å². The van der Waals surface area contributed by atoms with E-state index in [2.05, 4.69) is 29.0 Å². The summed E-state index contributed by atoms with van der Waals surface area (Å²) in [7, 11) is 1.66. The van der Waals surface area contributed by atoms with E-state index in [1.54, 1.807) is 12.0 Å². The highest BCUT2D eigenvalue weighted by molar-refractivity contribution is 5.87. The highest BCUT2D eigenvalue weighted by atomic mass is 16.5. The minimum atomic E-state index is -0.00567. The molecule has 0 spiro atoms. The van der Waals surface area contributed by atoms with Crippen LogP contribution in [0.3, 0.4) is 0 Å². The van der Waals surface area contributed by atoms with Gasteiger partial charge in [0.2, 0.25) is 11.8 Å². The summed E-state index contributed by atoms with van der Waals surface area (Å²) >= 11 is 0. The molecule has 1 heterocycles. The average Bonchev–Trinajstić information content (AvgIpc) is 3.52. The molecular weight excluding hydrogens is 390 g/mol. The molecule has 168 valence electrons. The molecule has 1 aliphatic carbocycles. The largest absolute Gasteiger partial charge is 0.385 e. The second-order valence-corrected chi connectivity index (χ2v) is 8.61. The van der Waals surface area contributed by atoms with Crippen LogP contribution in [0.5, 0.6) is 0 Å². The third-order valence-corrected chi connectivity index (χ3v) is 5.74. The zero-order chi connectivity index (χ0) is 22.2. The highest BCUT2D eigenvalue weighted by Crippen LogP contribution is 2.31. The Morgan fingerprint density at radius 1 is 1.13 bits per heavy atom. The molecule has 1 aliphatic rings. The van der Waals surface area contributed by atoms with Crippen molar-refractivity contribution in [2.45, 2.75) is 52.2 Å². The van der Waals surface area contributed by atoms with Crippen LogP contribution >= 0.6 is 0 Å². The molecule has 6 nitrogen and oxygen atoms in total. The number of carbonyl (C=O) groups excluding carboxylic acids is 2. The molecule has 1 saturated carbocycles. The van der Waals surface area contributed by atoms with Crippen LogP contribution in [0.15, 0.2) is 48.7 Å². The second-order valence-electron chi connectivity index (χ2n) is 8.61. The number of methoxy groups -OCH3 is 1. The van der Waals surface area contributed by atoms with Crippen molar-refractivity contribution in [1.82, 2.24) is 14.4 Å². The van der Waals surface area contributed by atoms with E-state index in [1.165, 1.54) is 5.56 Å². The predicted octanol–water partition coefficient (Wildman–Crippen LogP) is 3.55. The maximum absolute atomic E-state index is 13.3. The van der Waals surface area contributed by atoms with Gasteiger partial charge in [-0.05, 0) is 50.8 Å². The Balaban J connectivity index is 1.67. The Morgan fingerprint density at radius 2 is 1.87 bits per heavy atom. The Morgan fingerprint density at radius 3 is 2.52 bits per heavy atom. The average molecular weight is 426 g/mol. The minimum absolute atomic E-state index is 0.00567. The van der Waals surface area contributed by atoms with E-state index in [-0.39, 0.29) is 30.3 Å². The maximum atomic E-state index is 13.3. The quantitative estimate of drug-likeness (QED) is 0.489. The number of hydrogen-bond donors (Lipinski definition) is 0. The van der Waals surface area contributed by atoms with Crippen molar-refractivity contribution in [2.24, 2.45) is 5.92 Å². The monoisotopic (exact) mass is 425 g/mol. The molecule has 0 aliphatic heterocycles. The molecule has 1 aromatic heterocycles. The number of amides is 2. The topological polar surface area (TPSA) is 54.8 Å². The van der Waals surface area contributed by atoms with Gasteiger partial charge < -0.3 is 19.1 Å². The molecule has 3 rings (SSSR count). The maximum Gasteiger partial charge on any atom is 0.242 e. The summed E-state index contributed by atoms with van der Waals surface area (Å²) in [5.74, 6) is 0.209. The molecule has 2 amide bonds. The molecular formula is C25H35N3O3. The van der Waals surface area contributed by atoms with Gasteiger partial charge in [0.05, 0.1) is 13.1 Å². The Bertz CT molecular complexity index is 843. The SMILES string of the molecule is COCCCN(CC(=O)N(Cc1cccn1Cc1ccccc1)C(C)C)C(=O)C1CC1. The lowest BCUT2D eigenvalue weighted by Crippen LogP contribution is -2.46. The molecule has 0 atom stereocenters. The third-order valence-electron chi connectivity index (χ3n) is 5.74. The number of aromatic nitrogens is 1. The Kier molecular flexibility index (Phi) is 8.29. The van der Waals surface area contributed by atoms with E-state index < -0.39 is 0 Å². The van der Waals surface area contributed by atoms with E-state index >= 15 is 0 Å². The summed E-state index contributed by atoms with van der Waals surface area (Å²) in [5.41, 5.74) is 2.31. The summed E-state index contributed by atoms with van der Waals surface area (Å²) in [5, 5.41) is 0. The van der Waals surface area contributed by atoms with Gasteiger partial charge in [0.25, 0.3) is 0 Å². The number of benzene rings is 1. The first-order valence-electron chi connectivity index (χ1n) is 11.2. The van der Waals surface area contributed by atoms with Gasteiger partial charge in [-0.3, -0.25) is 9.59 Å². The van der Waals surface area contributed by atoms with Crippen molar-refractivity contribution in [3.63, 3.8) is 0 Å². The molecule has 1 aromatic carbocycles. The third kappa shape index (κ3) is 6.69. The van der Waals surface area contributed by atoms with Crippen LogP contribution in [0.1, 0.15) is 44.4 Å². The zero-order valence-corrected chi connectivity index (χ0v) is 19.0. The first kappa shape index (κ1) is 23.1. The van der Waals surface area contributed by atoms with Gasteiger partial charge in [0.15, 0.2) is 0 Å². The summed E-state index contributed by atoms with van der Waals surface area (Å²) in [6, 6.07) is 14.4. The fraction of sp³-hybridized carbons (Fsp3) is 0.520. The normalized spacial score (nSPS) is 13.4. The lowest BCUT2D eigenvalue weighted by molar-refractivity contribution is -0.142. The Labute approximate surface area is 185 Å². The van der Waals surface area contributed by atoms with Gasteiger partial charge in [0.1, 0.15) is 0 Å². The number of nitrogens with zero attached hydrogens (tertiary/aromatic N) is 3.